The van der Waals surface area contributed by atoms with E-state index in [1.807, 2.05) is 50.2 Å². The lowest BCUT2D eigenvalue weighted by atomic mass is 10.2. The Morgan fingerprint density at radius 1 is 1.15 bits per heavy atom. The van der Waals surface area contributed by atoms with E-state index in [0.29, 0.717) is 12.1 Å². The molecule has 0 spiro atoms. The van der Waals surface area contributed by atoms with Crippen LogP contribution in [0, 0.1) is 0 Å². The van der Waals surface area contributed by atoms with Gasteiger partial charge in [-0.05, 0) is 38.1 Å². The van der Waals surface area contributed by atoms with Gasteiger partial charge in [0, 0.05) is 25.0 Å². The maximum absolute atomic E-state index is 12.5. The smallest absolute Gasteiger partial charge is 0.259 e. The van der Waals surface area contributed by atoms with Gasteiger partial charge in [-0.3, -0.25) is 4.79 Å². The SMILES string of the molecule is CCNc1ccc(C(=O)N(CC)c2ccccc2)cn1. The molecular weight excluding hydrogens is 250 g/mol. The van der Waals surface area contributed by atoms with Crippen molar-refractivity contribution in [3.05, 3.63) is 54.2 Å². The van der Waals surface area contributed by atoms with Gasteiger partial charge in [0.2, 0.25) is 0 Å². The highest BCUT2D eigenvalue weighted by Gasteiger charge is 2.15. The highest BCUT2D eigenvalue weighted by Crippen LogP contribution is 2.16. The van der Waals surface area contributed by atoms with Crippen molar-refractivity contribution in [1.29, 1.82) is 0 Å². The van der Waals surface area contributed by atoms with Crippen LogP contribution in [0.25, 0.3) is 0 Å². The molecule has 0 unspecified atom stereocenters. The first kappa shape index (κ1) is 14.1. The molecule has 0 aliphatic carbocycles. The minimum atomic E-state index is -0.0331. The van der Waals surface area contributed by atoms with Crippen molar-refractivity contribution in [3.63, 3.8) is 0 Å². The van der Waals surface area contributed by atoms with Crippen LogP contribution in [0.1, 0.15) is 24.2 Å². The summed E-state index contributed by atoms with van der Waals surface area (Å²) in [7, 11) is 0. The number of para-hydroxylation sites is 1. The molecule has 104 valence electrons. The van der Waals surface area contributed by atoms with Crippen molar-refractivity contribution >= 4 is 17.4 Å². The fourth-order valence-corrected chi connectivity index (χ4v) is 2.01. The van der Waals surface area contributed by atoms with E-state index in [2.05, 4.69) is 10.3 Å². The second-order valence-electron chi connectivity index (χ2n) is 4.35. The summed E-state index contributed by atoms with van der Waals surface area (Å²) in [5.74, 6) is 0.751. The Labute approximate surface area is 119 Å². The number of carbonyl (C=O) groups excluding carboxylic acids is 1. The number of carbonyl (C=O) groups is 1. The van der Waals surface area contributed by atoms with Crippen molar-refractivity contribution in [1.82, 2.24) is 4.98 Å². The van der Waals surface area contributed by atoms with Crippen molar-refractivity contribution in [2.45, 2.75) is 13.8 Å². The summed E-state index contributed by atoms with van der Waals surface area (Å²) in [6.45, 7) is 5.41. The molecule has 4 nitrogen and oxygen atoms in total. The monoisotopic (exact) mass is 269 g/mol. The molecule has 1 aromatic heterocycles. The molecule has 0 aliphatic heterocycles. The number of hydrogen-bond donors (Lipinski definition) is 1. The third-order valence-electron chi connectivity index (χ3n) is 3.00. The molecule has 0 atom stereocenters. The van der Waals surface area contributed by atoms with Crippen molar-refractivity contribution in [2.24, 2.45) is 0 Å². The number of rotatable bonds is 5. The van der Waals surface area contributed by atoms with E-state index in [-0.39, 0.29) is 5.91 Å². The molecule has 1 N–H and O–H groups in total. The molecule has 2 aromatic rings. The van der Waals surface area contributed by atoms with E-state index >= 15 is 0 Å². The Kier molecular flexibility index (Phi) is 4.71. The van der Waals surface area contributed by atoms with Gasteiger partial charge in [0.15, 0.2) is 0 Å². The van der Waals surface area contributed by atoms with Gasteiger partial charge in [-0.15, -0.1) is 0 Å². The Bertz CT molecular complexity index is 552. The number of benzene rings is 1. The number of hydrogen-bond acceptors (Lipinski definition) is 3. The van der Waals surface area contributed by atoms with Crippen LogP contribution in [0.3, 0.4) is 0 Å². The molecule has 0 saturated heterocycles. The molecule has 0 fully saturated rings. The van der Waals surface area contributed by atoms with Crippen LogP contribution in [0.5, 0.6) is 0 Å². The summed E-state index contributed by atoms with van der Waals surface area (Å²) in [5, 5.41) is 3.11. The average molecular weight is 269 g/mol. The molecule has 1 amide bonds. The molecule has 0 bridgehead atoms. The fraction of sp³-hybridized carbons (Fsp3) is 0.250. The number of anilines is 2. The van der Waals surface area contributed by atoms with Crippen LogP contribution in [0.4, 0.5) is 11.5 Å². The average Bonchev–Trinajstić information content (AvgIpc) is 2.50. The van der Waals surface area contributed by atoms with Gasteiger partial charge < -0.3 is 10.2 Å². The third-order valence-corrected chi connectivity index (χ3v) is 3.00. The zero-order valence-electron chi connectivity index (χ0n) is 11.8. The van der Waals surface area contributed by atoms with E-state index in [1.165, 1.54) is 0 Å². The number of amides is 1. The zero-order chi connectivity index (χ0) is 14.4. The van der Waals surface area contributed by atoms with Crippen LogP contribution in [0.2, 0.25) is 0 Å². The first-order chi connectivity index (χ1) is 9.76. The molecule has 0 saturated carbocycles. The lowest BCUT2D eigenvalue weighted by Gasteiger charge is -2.21. The Balaban J connectivity index is 2.20. The van der Waals surface area contributed by atoms with Crippen LogP contribution in [-0.4, -0.2) is 24.0 Å². The first-order valence-corrected chi connectivity index (χ1v) is 6.83. The third kappa shape index (κ3) is 3.15. The standard InChI is InChI=1S/C16H19N3O/c1-3-17-15-11-10-13(12-18-15)16(20)19(4-2)14-8-6-5-7-9-14/h5-12H,3-4H2,1-2H3,(H,17,18). The predicted octanol–water partition coefficient (Wildman–Crippen LogP) is 3.18. The highest BCUT2D eigenvalue weighted by atomic mass is 16.2. The van der Waals surface area contributed by atoms with E-state index < -0.39 is 0 Å². The van der Waals surface area contributed by atoms with Crippen LogP contribution >= 0.6 is 0 Å². The van der Waals surface area contributed by atoms with Crippen LogP contribution in [-0.2, 0) is 0 Å². The Morgan fingerprint density at radius 3 is 2.45 bits per heavy atom. The normalized spacial score (nSPS) is 10.1. The second-order valence-corrected chi connectivity index (χ2v) is 4.35. The number of pyridine rings is 1. The second kappa shape index (κ2) is 6.70. The summed E-state index contributed by atoms with van der Waals surface area (Å²) < 4.78 is 0. The minimum Gasteiger partial charge on any atom is -0.370 e. The van der Waals surface area contributed by atoms with Crippen LogP contribution < -0.4 is 10.2 Å². The lowest BCUT2D eigenvalue weighted by molar-refractivity contribution is 0.0988. The topological polar surface area (TPSA) is 45.2 Å². The first-order valence-electron chi connectivity index (χ1n) is 6.83. The summed E-state index contributed by atoms with van der Waals surface area (Å²) in [6, 6.07) is 13.3. The largest absolute Gasteiger partial charge is 0.370 e. The van der Waals surface area contributed by atoms with E-state index in [4.69, 9.17) is 0 Å². The summed E-state index contributed by atoms with van der Waals surface area (Å²) in [5.41, 5.74) is 1.49. The van der Waals surface area contributed by atoms with Gasteiger partial charge in [0.05, 0.1) is 5.56 Å². The van der Waals surface area contributed by atoms with Gasteiger partial charge in [0.1, 0.15) is 5.82 Å². The highest BCUT2D eigenvalue weighted by molar-refractivity contribution is 6.05. The summed E-state index contributed by atoms with van der Waals surface area (Å²) in [6.07, 6.45) is 1.62. The number of aromatic nitrogens is 1. The molecular formula is C16H19N3O. The van der Waals surface area contributed by atoms with Gasteiger partial charge in [-0.1, -0.05) is 18.2 Å². The van der Waals surface area contributed by atoms with Gasteiger partial charge in [0.25, 0.3) is 5.91 Å². The minimum absolute atomic E-state index is 0.0331. The Morgan fingerprint density at radius 2 is 1.90 bits per heavy atom. The molecule has 4 heteroatoms. The van der Waals surface area contributed by atoms with E-state index in [1.54, 1.807) is 17.2 Å². The van der Waals surface area contributed by atoms with Crippen molar-refractivity contribution in [3.8, 4) is 0 Å². The van der Waals surface area contributed by atoms with Crippen molar-refractivity contribution < 1.29 is 4.79 Å². The molecule has 0 aliphatic rings. The molecule has 20 heavy (non-hydrogen) atoms. The quantitative estimate of drug-likeness (QED) is 0.906. The number of nitrogens with zero attached hydrogens (tertiary/aromatic N) is 2. The predicted molar refractivity (Wildman–Crippen MR) is 82.2 cm³/mol. The van der Waals surface area contributed by atoms with Gasteiger partial charge in [-0.25, -0.2) is 4.98 Å². The van der Waals surface area contributed by atoms with Gasteiger partial charge in [-0.2, -0.15) is 0 Å². The van der Waals surface area contributed by atoms with E-state index in [9.17, 15) is 4.79 Å². The van der Waals surface area contributed by atoms with E-state index in [0.717, 1.165) is 18.1 Å². The molecule has 1 heterocycles. The Hall–Kier alpha value is -2.36. The van der Waals surface area contributed by atoms with Crippen molar-refractivity contribution in [2.75, 3.05) is 23.3 Å². The molecule has 0 radical (unpaired) electrons. The van der Waals surface area contributed by atoms with Gasteiger partial charge >= 0.3 is 0 Å². The van der Waals surface area contributed by atoms with Crippen LogP contribution in [0.15, 0.2) is 48.7 Å². The fourth-order valence-electron chi connectivity index (χ4n) is 2.01. The summed E-state index contributed by atoms with van der Waals surface area (Å²) >= 11 is 0. The lowest BCUT2D eigenvalue weighted by Crippen LogP contribution is -2.30. The maximum atomic E-state index is 12.5. The molecule has 1 aromatic carbocycles. The maximum Gasteiger partial charge on any atom is 0.259 e. The molecule has 2 rings (SSSR count). The number of nitrogens with one attached hydrogen (secondary N) is 1. The zero-order valence-corrected chi connectivity index (χ0v) is 11.8. The summed E-state index contributed by atoms with van der Waals surface area (Å²) in [4.78, 5) is 18.5.